The Morgan fingerprint density at radius 3 is 2.23 bits per heavy atom. The van der Waals surface area contributed by atoms with Gasteiger partial charge in [-0.05, 0) is 20.8 Å². The lowest BCUT2D eigenvalue weighted by Gasteiger charge is -2.35. The Morgan fingerprint density at radius 1 is 1.15 bits per heavy atom. The molecule has 0 atom stereocenters. The molecule has 1 aliphatic heterocycles. The summed E-state index contributed by atoms with van der Waals surface area (Å²) in [5.41, 5.74) is -1.12. The monoisotopic (exact) mass is 370 g/mol. The average Bonchev–Trinajstić information content (AvgIpc) is 2.53. The molecular formula is C18H24F2N2O4. The Labute approximate surface area is 151 Å². The summed E-state index contributed by atoms with van der Waals surface area (Å²) in [6.45, 7) is 8.69. The molecular weight excluding hydrogens is 346 g/mol. The average molecular weight is 370 g/mol. The zero-order chi connectivity index (χ0) is 19.3. The molecule has 0 N–H and O–H groups in total. The van der Waals surface area contributed by atoms with Crippen LogP contribution in [0.1, 0.15) is 31.1 Å². The van der Waals surface area contributed by atoms with E-state index in [0.29, 0.717) is 32.7 Å². The third-order valence-corrected chi connectivity index (χ3v) is 3.87. The lowest BCUT2D eigenvalue weighted by atomic mass is 10.2. The Kier molecular flexibility index (Phi) is 6.52. The van der Waals surface area contributed by atoms with Crippen LogP contribution in [0, 0.1) is 11.6 Å². The van der Waals surface area contributed by atoms with Crippen molar-refractivity contribution in [1.82, 2.24) is 9.80 Å². The summed E-state index contributed by atoms with van der Waals surface area (Å²) >= 11 is 0. The molecule has 0 radical (unpaired) electrons. The minimum absolute atomic E-state index is 0.0398. The Balaban J connectivity index is 1.75. The molecule has 0 aromatic heterocycles. The van der Waals surface area contributed by atoms with Gasteiger partial charge in [-0.3, -0.25) is 9.69 Å². The summed E-state index contributed by atoms with van der Waals surface area (Å²) in [4.78, 5) is 26.3. The third-order valence-electron chi connectivity index (χ3n) is 3.87. The van der Waals surface area contributed by atoms with Crippen molar-refractivity contribution in [3.8, 4) is 5.75 Å². The fourth-order valence-electron chi connectivity index (χ4n) is 2.53. The number of aldehydes is 1. The second-order valence-electron chi connectivity index (χ2n) is 7.08. The van der Waals surface area contributed by atoms with Crippen molar-refractivity contribution < 1.29 is 27.8 Å². The molecule has 1 heterocycles. The molecule has 26 heavy (non-hydrogen) atoms. The van der Waals surface area contributed by atoms with Crippen LogP contribution in [0.5, 0.6) is 5.75 Å². The second kappa shape index (κ2) is 8.44. The van der Waals surface area contributed by atoms with Crippen LogP contribution in [-0.4, -0.2) is 67.1 Å². The van der Waals surface area contributed by atoms with E-state index in [9.17, 15) is 18.4 Å². The maximum Gasteiger partial charge on any atom is 0.410 e. The Morgan fingerprint density at radius 2 is 1.73 bits per heavy atom. The van der Waals surface area contributed by atoms with Gasteiger partial charge in [0.15, 0.2) is 6.29 Å². The van der Waals surface area contributed by atoms with Gasteiger partial charge in [0.25, 0.3) is 0 Å². The summed E-state index contributed by atoms with van der Waals surface area (Å²) < 4.78 is 37.7. The first-order valence-corrected chi connectivity index (χ1v) is 8.47. The smallest absolute Gasteiger partial charge is 0.410 e. The van der Waals surface area contributed by atoms with Crippen LogP contribution in [0.25, 0.3) is 0 Å². The first-order chi connectivity index (χ1) is 12.2. The van der Waals surface area contributed by atoms with Crippen molar-refractivity contribution in [1.29, 1.82) is 0 Å². The highest BCUT2D eigenvalue weighted by Crippen LogP contribution is 2.19. The van der Waals surface area contributed by atoms with E-state index in [-0.39, 0.29) is 24.7 Å². The molecule has 0 spiro atoms. The van der Waals surface area contributed by atoms with Crippen molar-refractivity contribution in [3.63, 3.8) is 0 Å². The first kappa shape index (κ1) is 20.1. The minimum Gasteiger partial charge on any atom is -0.492 e. The van der Waals surface area contributed by atoms with E-state index in [1.165, 1.54) is 0 Å². The van der Waals surface area contributed by atoms with Crippen LogP contribution in [0.3, 0.4) is 0 Å². The van der Waals surface area contributed by atoms with Gasteiger partial charge in [0.2, 0.25) is 0 Å². The molecule has 0 saturated carbocycles. The van der Waals surface area contributed by atoms with Crippen molar-refractivity contribution in [3.05, 3.63) is 29.3 Å². The Bertz CT molecular complexity index is 630. The molecule has 2 rings (SSSR count). The highest BCUT2D eigenvalue weighted by atomic mass is 19.1. The van der Waals surface area contributed by atoms with E-state index >= 15 is 0 Å². The third kappa shape index (κ3) is 5.66. The van der Waals surface area contributed by atoms with Gasteiger partial charge in [-0.25, -0.2) is 13.6 Å². The maximum atomic E-state index is 13.5. The summed E-state index contributed by atoms with van der Waals surface area (Å²) in [7, 11) is 0. The normalized spacial score (nSPS) is 15.7. The highest BCUT2D eigenvalue weighted by molar-refractivity contribution is 5.76. The summed E-state index contributed by atoms with van der Waals surface area (Å²) in [5.74, 6) is -1.85. The van der Waals surface area contributed by atoms with Gasteiger partial charge in [0.05, 0.1) is 5.56 Å². The second-order valence-corrected chi connectivity index (χ2v) is 7.08. The largest absolute Gasteiger partial charge is 0.492 e. The number of carbonyl (C=O) groups excluding carboxylic acids is 2. The number of nitrogens with zero attached hydrogens (tertiary/aromatic N) is 2. The molecule has 0 aliphatic carbocycles. The standard InChI is InChI=1S/C18H24F2N2O4/c1-18(2,3)26-17(24)22-6-4-21(5-7-22)8-9-25-13-10-15(19)14(12-23)16(20)11-13/h10-12H,4-9H2,1-3H3. The van der Waals surface area contributed by atoms with Gasteiger partial charge >= 0.3 is 6.09 Å². The SMILES string of the molecule is CC(C)(C)OC(=O)N1CCN(CCOc2cc(F)c(C=O)c(F)c2)CC1. The van der Waals surface area contributed by atoms with Crippen molar-refractivity contribution >= 4 is 12.4 Å². The van der Waals surface area contributed by atoms with E-state index in [0.717, 1.165) is 12.1 Å². The maximum absolute atomic E-state index is 13.5. The molecule has 1 amide bonds. The number of piperazine rings is 1. The summed E-state index contributed by atoms with van der Waals surface area (Å²) in [6, 6.07) is 1.99. The quantitative estimate of drug-likeness (QED) is 0.746. The predicted octanol–water partition coefficient (Wildman–Crippen LogP) is 2.71. The minimum atomic E-state index is -0.944. The van der Waals surface area contributed by atoms with Crippen molar-refractivity contribution in [2.24, 2.45) is 0 Å². The van der Waals surface area contributed by atoms with Crippen molar-refractivity contribution in [2.45, 2.75) is 26.4 Å². The molecule has 8 heteroatoms. The van der Waals surface area contributed by atoms with E-state index in [4.69, 9.17) is 9.47 Å². The molecule has 1 fully saturated rings. The zero-order valence-corrected chi connectivity index (χ0v) is 15.3. The van der Waals surface area contributed by atoms with E-state index in [1.54, 1.807) is 4.90 Å². The fraction of sp³-hybridized carbons (Fsp3) is 0.556. The summed E-state index contributed by atoms with van der Waals surface area (Å²) in [6.07, 6.45) is -0.187. The predicted molar refractivity (Wildman–Crippen MR) is 91.5 cm³/mol. The van der Waals surface area contributed by atoms with Gasteiger partial charge in [-0.2, -0.15) is 0 Å². The molecule has 6 nitrogen and oxygen atoms in total. The van der Waals surface area contributed by atoms with Crippen LogP contribution < -0.4 is 4.74 Å². The topological polar surface area (TPSA) is 59.1 Å². The first-order valence-electron chi connectivity index (χ1n) is 8.47. The fourth-order valence-corrected chi connectivity index (χ4v) is 2.53. The number of hydrogen-bond acceptors (Lipinski definition) is 5. The van der Waals surface area contributed by atoms with Crippen LogP contribution in [-0.2, 0) is 4.74 Å². The number of benzene rings is 1. The number of hydrogen-bond donors (Lipinski definition) is 0. The van der Waals surface area contributed by atoms with Crippen LogP contribution in [0.2, 0.25) is 0 Å². The van der Waals surface area contributed by atoms with Crippen molar-refractivity contribution in [2.75, 3.05) is 39.3 Å². The van der Waals surface area contributed by atoms with Gasteiger partial charge in [0.1, 0.15) is 29.6 Å². The molecule has 1 aliphatic rings. The molecule has 1 aromatic carbocycles. The summed E-state index contributed by atoms with van der Waals surface area (Å²) in [5, 5.41) is 0. The lowest BCUT2D eigenvalue weighted by molar-refractivity contribution is 0.0137. The van der Waals surface area contributed by atoms with E-state index in [1.807, 2.05) is 20.8 Å². The van der Waals surface area contributed by atoms with E-state index < -0.39 is 22.8 Å². The van der Waals surface area contributed by atoms with Crippen LogP contribution >= 0.6 is 0 Å². The van der Waals surface area contributed by atoms with Crippen LogP contribution in [0.15, 0.2) is 12.1 Å². The van der Waals surface area contributed by atoms with E-state index in [2.05, 4.69) is 4.90 Å². The number of ether oxygens (including phenoxy) is 2. The number of amides is 1. The van der Waals surface area contributed by atoms with Gasteiger partial charge < -0.3 is 14.4 Å². The molecule has 1 aromatic rings. The zero-order valence-electron chi connectivity index (χ0n) is 15.3. The van der Waals surface area contributed by atoms with Gasteiger partial charge in [-0.1, -0.05) is 0 Å². The Hall–Kier alpha value is -2.22. The van der Waals surface area contributed by atoms with Gasteiger partial charge in [-0.15, -0.1) is 0 Å². The molecule has 1 saturated heterocycles. The lowest BCUT2D eigenvalue weighted by Crippen LogP contribution is -2.50. The number of rotatable bonds is 5. The number of halogens is 2. The highest BCUT2D eigenvalue weighted by Gasteiger charge is 2.25. The molecule has 144 valence electrons. The molecule has 0 bridgehead atoms. The number of carbonyl (C=O) groups is 2. The van der Waals surface area contributed by atoms with Gasteiger partial charge in [0, 0.05) is 44.9 Å². The molecule has 0 unspecified atom stereocenters. The van der Waals surface area contributed by atoms with Crippen LogP contribution in [0.4, 0.5) is 13.6 Å².